The molecule has 108 valence electrons. The van der Waals surface area contributed by atoms with E-state index in [0.29, 0.717) is 16.3 Å². The summed E-state index contributed by atoms with van der Waals surface area (Å²) in [6, 6.07) is 12.6. The van der Waals surface area contributed by atoms with Gasteiger partial charge >= 0.3 is 0 Å². The van der Waals surface area contributed by atoms with Gasteiger partial charge < -0.3 is 10.2 Å². The largest absolute Gasteiger partial charge is 0.386 e. The van der Waals surface area contributed by atoms with Gasteiger partial charge in [-0.2, -0.15) is 0 Å². The number of amides is 1. The van der Waals surface area contributed by atoms with Crippen LogP contribution < -0.4 is 5.32 Å². The maximum Gasteiger partial charge on any atom is 0.265 e. The standard InChI is InChI=1S/C15H12ClFN2O2/c16-13-3-1-2-4-14(13)19-15(20)10-21-18-9-11-5-7-12(17)8-6-11/h1-9H,10H2,(H,19,20)/b18-9+. The number of hydrogen-bond acceptors (Lipinski definition) is 3. The molecule has 0 aliphatic heterocycles. The van der Waals surface area contributed by atoms with Gasteiger partial charge in [0.1, 0.15) is 5.82 Å². The van der Waals surface area contributed by atoms with Crippen molar-refractivity contribution in [3.63, 3.8) is 0 Å². The van der Waals surface area contributed by atoms with E-state index < -0.39 is 0 Å². The molecule has 0 unspecified atom stereocenters. The van der Waals surface area contributed by atoms with Gasteiger partial charge in [0.15, 0.2) is 6.61 Å². The molecular formula is C15H12ClFN2O2. The Hall–Kier alpha value is -2.40. The molecule has 4 nitrogen and oxygen atoms in total. The topological polar surface area (TPSA) is 50.7 Å². The number of nitrogens with zero attached hydrogens (tertiary/aromatic N) is 1. The van der Waals surface area contributed by atoms with Crippen LogP contribution in [-0.2, 0) is 9.63 Å². The van der Waals surface area contributed by atoms with E-state index in [4.69, 9.17) is 16.4 Å². The zero-order chi connectivity index (χ0) is 15.1. The fourth-order valence-electron chi connectivity index (χ4n) is 1.49. The number of rotatable bonds is 5. The van der Waals surface area contributed by atoms with Crippen molar-refractivity contribution in [1.29, 1.82) is 0 Å². The molecule has 2 rings (SSSR count). The normalized spacial score (nSPS) is 10.6. The Bertz CT molecular complexity index is 644. The molecule has 0 fully saturated rings. The maximum absolute atomic E-state index is 12.7. The molecule has 0 aromatic heterocycles. The molecule has 21 heavy (non-hydrogen) atoms. The zero-order valence-corrected chi connectivity index (χ0v) is 11.7. The number of carbonyl (C=O) groups is 1. The average Bonchev–Trinajstić information content (AvgIpc) is 2.48. The molecule has 0 aliphatic rings. The van der Waals surface area contributed by atoms with Crippen molar-refractivity contribution in [2.75, 3.05) is 11.9 Å². The first-order valence-electron chi connectivity index (χ1n) is 6.10. The van der Waals surface area contributed by atoms with E-state index in [2.05, 4.69) is 10.5 Å². The predicted octanol–water partition coefficient (Wildman–Crippen LogP) is 3.47. The third-order valence-electron chi connectivity index (χ3n) is 2.49. The predicted molar refractivity (Wildman–Crippen MR) is 80.0 cm³/mol. The first kappa shape index (κ1) is 15.0. The van der Waals surface area contributed by atoms with Crippen molar-refractivity contribution in [3.05, 3.63) is 64.9 Å². The van der Waals surface area contributed by atoms with E-state index in [9.17, 15) is 9.18 Å². The Labute approximate surface area is 126 Å². The molecule has 1 amide bonds. The third kappa shape index (κ3) is 4.89. The van der Waals surface area contributed by atoms with Gasteiger partial charge in [0, 0.05) is 0 Å². The van der Waals surface area contributed by atoms with Crippen LogP contribution in [0.2, 0.25) is 5.02 Å². The van der Waals surface area contributed by atoms with Crippen LogP contribution in [0.25, 0.3) is 0 Å². The smallest absolute Gasteiger partial charge is 0.265 e. The van der Waals surface area contributed by atoms with E-state index in [1.54, 1.807) is 36.4 Å². The third-order valence-corrected chi connectivity index (χ3v) is 2.82. The molecule has 0 atom stereocenters. The molecule has 6 heteroatoms. The van der Waals surface area contributed by atoms with Crippen LogP contribution in [-0.4, -0.2) is 18.7 Å². The van der Waals surface area contributed by atoms with Gasteiger partial charge in [0.05, 0.1) is 16.9 Å². The molecule has 0 spiro atoms. The summed E-state index contributed by atoms with van der Waals surface area (Å²) in [7, 11) is 0. The summed E-state index contributed by atoms with van der Waals surface area (Å²) in [6.07, 6.45) is 1.39. The molecule has 0 saturated heterocycles. The summed E-state index contributed by atoms with van der Waals surface area (Å²) in [4.78, 5) is 16.5. The molecular weight excluding hydrogens is 295 g/mol. The van der Waals surface area contributed by atoms with Gasteiger partial charge in [-0.05, 0) is 29.8 Å². The molecule has 0 aliphatic carbocycles. The highest BCUT2D eigenvalue weighted by Crippen LogP contribution is 2.20. The molecule has 0 radical (unpaired) electrons. The quantitative estimate of drug-likeness (QED) is 0.679. The number of carbonyl (C=O) groups excluding carboxylic acids is 1. The Morgan fingerprint density at radius 2 is 1.95 bits per heavy atom. The van der Waals surface area contributed by atoms with Crippen LogP contribution in [0.15, 0.2) is 53.7 Å². The van der Waals surface area contributed by atoms with Gasteiger partial charge in [-0.15, -0.1) is 0 Å². The summed E-state index contributed by atoms with van der Waals surface area (Å²) in [5.74, 6) is -0.702. The Morgan fingerprint density at radius 3 is 2.67 bits per heavy atom. The second-order valence-corrected chi connectivity index (χ2v) is 4.49. The molecule has 0 bridgehead atoms. The van der Waals surface area contributed by atoms with Gasteiger partial charge in [0.2, 0.25) is 0 Å². The fourth-order valence-corrected chi connectivity index (χ4v) is 1.67. The van der Waals surface area contributed by atoms with Crippen molar-refractivity contribution in [3.8, 4) is 0 Å². The van der Waals surface area contributed by atoms with E-state index >= 15 is 0 Å². The molecule has 2 aromatic carbocycles. The number of benzene rings is 2. The van der Waals surface area contributed by atoms with Crippen LogP contribution in [0.3, 0.4) is 0 Å². The van der Waals surface area contributed by atoms with Crippen LogP contribution in [0.1, 0.15) is 5.56 Å². The zero-order valence-electron chi connectivity index (χ0n) is 10.9. The average molecular weight is 307 g/mol. The number of halogens is 2. The Morgan fingerprint density at radius 1 is 1.24 bits per heavy atom. The number of para-hydroxylation sites is 1. The lowest BCUT2D eigenvalue weighted by molar-refractivity contribution is -0.120. The summed E-state index contributed by atoms with van der Waals surface area (Å²) < 4.78 is 12.7. The van der Waals surface area contributed by atoms with Crippen LogP contribution in [0.5, 0.6) is 0 Å². The maximum atomic E-state index is 12.7. The SMILES string of the molecule is O=C(CO/N=C/c1ccc(F)cc1)Nc1ccccc1Cl. The fraction of sp³-hybridized carbons (Fsp3) is 0.0667. The Balaban J connectivity index is 1.79. The van der Waals surface area contributed by atoms with Gasteiger partial charge in [-0.25, -0.2) is 4.39 Å². The minimum Gasteiger partial charge on any atom is -0.386 e. The van der Waals surface area contributed by atoms with Crippen LogP contribution >= 0.6 is 11.6 Å². The van der Waals surface area contributed by atoms with Gasteiger partial charge in [-0.1, -0.05) is 41.0 Å². The van der Waals surface area contributed by atoms with Crippen molar-refractivity contribution in [2.45, 2.75) is 0 Å². The van der Waals surface area contributed by atoms with Gasteiger partial charge in [-0.3, -0.25) is 4.79 Å². The van der Waals surface area contributed by atoms with E-state index in [-0.39, 0.29) is 18.3 Å². The van der Waals surface area contributed by atoms with Crippen molar-refractivity contribution < 1.29 is 14.0 Å². The summed E-state index contributed by atoms with van der Waals surface area (Å²) in [5.41, 5.74) is 1.18. The molecule has 0 saturated carbocycles. The monoisotopic (exact) mass is 306 g/mol. The first-order valence-corrected chi connectivity index (χ1v) is 6.48. The lowest BCUT2D eigenvalue weighted by Crippen LogP contribution is -2.17. The van der Waals surface area contributed by atoms with Crippen molar-refractivity contribution >= 4 is 29.4 Å². The van der Waals surface area contributed by atoms with E-state index in [1.807, 2.05) is 0 Å². The summed E-state index contributed by atoms with van der Waals surface area (Å²) >= 11 is 5.91. The van der Waals surface area contributed by atoms with Crippen molar-refractivity contribution in [2.24, 2.45) is 5.16 Å². The molecule has 1 N–H and O–H groups in total. The summed E-state index contributed by atoms with van der Waals surface area (Å²) in [6.45, 7) is -0.247. The Kier molecular flexibility index (Phi) is 5.29. The first-order chi connectivity index (χ1) is 10.1. The molecule has 0 heterocycles. The minimum absolute atomic E-state index is 0.247. The lowest BCUT2D eigenvalue weighted by Gasteiger charge is -2.05. The number of hydrogen-bond donors (Lipinski definition) is 1. The number of nitrogens with one attached hydrogen (secondary N) is 1. The van der Waals surface area contributed by atoms with Gasteiger partial charge in [0.25, 0.3) is 5.91 Å². The number of anilines is 1. The second kappa shape index (κ2) is 7.40. The highest BCUT2D eigenvalue weighted by Gasteiger charge is 2.05. The number of oxime groups is 1. The van der Waals surface area contributed by atoms with Crippen molar-refractivity contribution in [1.82, 2.24) is 0 Å². The highest BCUT2D eigenvalue weighted by atomic mass is 35.5. The van der Waals surface area contributed by atoms with E-state index in [0.717, 1.165) is 0 Å². The lowest BCUT2D eigenvalue weighted by atomic mass is 10.2. The highest BCUT2D eigenvalue weighted by molar-refractivity contribution is 6.33. The van der Waals surface area contributed by atoms with Crippen LogP contribution in [0, 0.1) is 5.82 Å². The summed E-state index contributed by atoms with van der Waals surface area (Å²) in [5, 5.41) is 6.68. The minimum atomic E-state index is -0.376. The molecule has 2 aromatic rings. The van der Waals surface area contributed by atoms with Crippen LogP contribution in [0.4, 0.5) is 10.1 Å². The van der Waals surface area contributed by atoms with E-state index in [1.165, 1.54) is 18.3 Å². The second-order valence-electron chi connectivity index (χ2n) is 4.09.